The van der Waals surface area contributed by atoms with Crippen LogP contribution in [-0.4, -0.2) is 52.1 Å². The minimum atomic E-state index is -1.39. The first kappa shape index (κ1) is 24.5. The fraction of sp³-hybridized carbons (Fsp3) is 0.385. The van der Waals surface area contributed by atoms with Gasteiger partial charge >= 0.3 is 6.09 Å². The topological polar surface area (TPSA) is 136 Å². The summed E-state index contributed by atoms with van der Waals surface area (Å²) in [5.41, 5.74) is -0.505. The molecule has 1 aliphatic carbocycles. The highest BCUT2D eigenvalue weighted by Gasteiger charge is 2.49. The van der Waals surface area contributed by atoms with E-state index in [0.29, 0.717) is 48.2 Å². The number of aromatic nitrogens is 2. The summed E-state index contributed by atoms with van der Waals surface area (Å²) < 4.78 is 20.9. The number of halogens is 2. The van der Waals surface area contributed by atoms with Crippen molar-refractivity contribution in [1.29, 1.82) is 0 Å². The summed E-state index contributed by atoms with van der Waals surface area (Å²) in [6.07, 6.45) is 2.47. The minimum absolute atomic E-state index is 0.0584. The second kappa shape index (κ2) is 9.16. The molecule has 12 heteroatoms. The number of nitrogens with one attached hydrogen (secondary N) is 4. The van der Waals surface area contributed by atoms with E-state index in [4.69, 9.17) is 16.3 Å². The van der Waals surface area contributed by atoms with E-state index in [1.165, 1.54) is 23.1 Å². The van der Waals surface area contributed by atoms with Crippen molar-refractivity contribution in [3.8, 4) is 0 Å². The number of hydrogen-bond acceptors (Lipinski definition) is 5. The number of carbonyl (C=O) groups is 3. The zero-order valence-corrected chi connectivity index (χ0v) is 21.0. The number of ether oxygens (including phenoxy) is 1. The Bertz CT molecular complexity index is 1530. The normalized spacial score (nSPS) is 21.5. The van der Waals surface area contributed by atoms with Gasteiger partial charge in [-0.25, -0.2) is 9.18 Å². The van der Waals surface area contributed by atoms with Gasteiger partial charge in [0.2, 0.25) is 5.91 Å². The van der Waals surface area contributed by atoms with E-state index in [-0.39, 0.29) is 34.3 Å². The molecule has 3 amide bonds. The van der Waals surface area contributed by atoms with Crippen LogP contribution < -0.4 is 16.2 Å². The Morgan fingerprint density at radius 1 is 1.21 bits per heavy atom. The van der Waals surface area contributed by atoms with E-state index in [1.807, 2.05) is 0 Å². The first-order valence-electron chi connectivity index (χ1n) is 12.5. The molecule has 2 atom stereocenters. The number of hydrogen-bond donors (Lipinski definition) is 4. The van der Waals surface area contributed by atoms with Gasteiger partial charge in [-0.1, -0.05) is 24.4 Å². The third kappa shape index (κ3) is 4.30. The number of benzene rings is 2. The van der Waals surface area contributed by atoms with Crippen molar-refractivity contribution < 1.29 is 23.5 Å². The Kier molecular flexibility index (Phi) is 5.90. The number of likely N-dealkylation sites (tertiary alicyclic amines) is 1. The predicted molar refractivity (Wildman–Crippen MR) is 137 cm³/mol. The second-order valence-electron chi connectivity index (χ2n) is 10.2. The lowest BCUT2D eigenvalue weighted by Gasteiger charge is -2.45. The van der Waals surface area contributed by atoms with Gasteiger partial charge in [-0.05, 0) is 55.5 Å². The molecule has 2 aromatic carbocycles. The van der Waals surface area contributed by atoms with Crippen LogP contribution in [0, 0.1) is 11.7 Å². The average molecular weight is 542 g/mol. The maximum atomic E-state index is 15.2. The Balaban J connectivity index is 1.26. The summed E-state index contributed by atoms with van der Waals surface area (Å²) in [4.78, 5) is 52.7. The first-order chi connectivity index (χ1) is 18.2. The zero-order chi connectivity index (χ0) is 26.6. The van der Waals surface area contributed by atoms with Gasteiger partial charge in [0.25, 0.3) is 11.5 Å². The summed E-state index contributed by atoms with van der Waals surface area (Å²) in [5.74, 6) is -1.14. The molecule has 38 heavy (non-hydrogen) atoms. The van der Waals surface area contributed by atoms with E-state index < -0.39 is 29.5 Å². The standard InChI is InChI=1S/C26H25ClFN5O5/c27-16-6-7-17-20(21(16)28)26(38-25(37)30-17)8-1-9-33(12-26)24(36)19(10-13-2-3-13)29-22(34)14-4-5-15-18(11-14)31-32-23(15)35/h4-7,11,13,19H,1-3,8-10,12H2,(H,29,34)(H,30,37)(H2,31,32,35)/t19-,26-/m0/s1. The zero-order valence-electron chi connectivity index (χ0n) is 20.2. The van der Waals surface area contributed by atoms with Crippen molar-refractivity contribution in [2.45, 2.75) is 43.7 Å². The monoisotopic (exact) mass is 541 g/mol. The summed E-state index contributed by atoms with van der Waals surface area (Å²) in [5, 5.41) is 10.9. The molecule has 1 saturated heterocycles. The van der Waals surface area contributed by atoms with Crippen LogP contribution in [0.15, 0.2) is 35.1 Å². The largest absolute Gasteiger partial charge is 0.436 e. The molecule has 2 aliphatic heterocycles. The van der Waals surface area contributed by atoms with Gasteiger partial charge in [0.15, 0.2) is 11.4 Å². The molecule has 0 bridgehead atoms. The average Bonchev–Trinajstić information content (AvgIpc) is 3.64. The summed E-state index contributed by atoms with van der Waals surface area (Å²) in [6.45, 7) is 0.313. The Morgan fingerprint density at radius 2 is 2.03 bits per heavy atom. The molecule has 198 valence electrons. The van der Waals surface area contributed by atoms with Crippen LogP contribution >= 0.6 is 11.6 Å². The van der Waals surface area contributed by atoms with Crippen molar-refractivity contribution >= 4 is 46.1 Å². The number of H-pyrrole nitrogens is 2. The van der Waals surface area contributed by atoms with Gasteiger partial charge in [0.1, 0.15) is 6.04 Å². The Hall–Kier alpha value is -3.86. The van der Waals surface area contributed by atoms with Crippen molar-refractivity contribution in [1.82, 2.24) is 20.4 Å². The fourth-order valence-corrected chi connectivity index (χ4v) is 5.67. The number of fused-ring (bicyclic) bond motifs is 3. The molecule has 6 rings (SSSR count). The van der Waals surface area contributed by atoms with Crippen molar-refractivity contribution in [3.63, 3.8) is 0 Å². The van der Waals surface area contributed by atoms with Gasteiger partial charge in [0, 0.05) is 12.1 Å². The highest BCUT2D eigenvalue weighted by Crippen LogP contribution is 2.45. The third-order valence-corrected chi connectivity index (χ3v) is 7.84. The van der Waals surface area contributed by atoms with E-state index >= 15 is 4.39 Å². The van der Waals surface area contributed by atoms with Crippen LogP contribution in [0.2, 0.25) is 5.02 Å². The SMILES string of the molecule is O=C1Nc2ccc(Cl)c(F)c2[C@@]2(CCCN(C(=O)[C@H](CC3CC3)NC(=O)c3ccc4c(=O)[nH][nH]c4c3)C2)O1. The molecular formula is C26H25ClFN5O5. The Morgan fingerprint density at radius 3 is 2.82 bits per heavy atom. The van der Waals surface area contributed by atoms with Gasteiger partial charge in [-0.3, -0.25) is 29.9 Å². The molecule has 0 unspecified atom stereocenters. The second-order valence-corrected chi connectivity index (χ2v) is 10.6. The summed E-state index contributed by atoms with van der Waals surface area (Å²) >= 11 is 6.06. The molecule has 3 aromatic rings. The molecule has 3 heterocycles. The molecule has 1 aromatic heterocycles. The number of aromatic amines is 2. The Labute approximate surface area is 220 Å². The quantitative estimate of drug-likeness (QED) is 0.391. The molecule has 2 fully saturated rings. The smallest absolute Gasteiger partial charge is 0.412 e. The predicted octanol–water partition coefficient (Wildman–Crippen LogP) is 3.63. The lowest BCUT2D eigenvalue weighted by atomic mass is 9.82. The van der Waals surface area contributed by atoms with Crippen LogP contribution in [0.5, 0.6) is 0 Å². The van der Waals surface area contributed by atoms with E-state index in [1.54, 1.807) is 12.1 Å². The molecule has 10 nitrogen and oxygen atoms in total. The van der Waals surface area contributed by atoms with Crippen molar-refractivity contribution in [3.05, 3.63) is 62.7 Å². The van der Waals surface area contributed by atoms with Gasteiger partial charge in [-0.2, -0.15) is 0 Å². The first-order valence-corrected chi connectivity index (χ1v) is 12.9. The summed E-state index contributed by atoms with van der Waals surface area (Å²) in [6, 6.07) is 6.71. The number of nitrogens with zero attached hydrogens (tertiary/aromatic N) is 1. The van der Waals surface area contributed by atoms with Crippen LogP contribution in [0.1, 0.15) is 48.0 Å². The molecule has 1 spiro atoms. The van der Waals surface area contributed by atoms with Crippen LogP contribution in [0.4, 0.5) is 14.9 Å². The number of anilines is 1. The lowest BCUT2D eigenvalue weighted by Crippen LogP contribution is -2.57. The fourth-order valence-electron chi connectivity index (χ4n) is 5.51. The van der Waals surface area contributed by atoms with E-state index in [0.717, 1.165) is 12.8 Å². The van der Waals surface area contributed by atoms with Crippen LogP contribution in [0.3, 0.4) is 0 Å². The maximum absolute atomic E-state index is 15.2. The lowest BCUT2D eigenvalue weighted by molar-refractivity contribution is -0.141. The highest BCUT2D eigenvalue weighted by molar-refractivity contribution is 6.31. The number of carbonyl (C=O) groups excluding carboxylic acids is 3. The molecule has 4 N–H and O–H groups in total. The number of rotatable bonds is 5. The van der Waals surface area contributed by atoms with Gasteiger partial charge in [0.05, 0.1) is 33.7 Å². The maximum Gasteiger partial charge on any atom is 0.412 e. The van der Waals surface area contributed by atoms with Crippen LogP contribution in [-0.2, 0) is 15.1 Å². The number of piperidine rings is 1. The molecule has 0 radical (unpaired) electrons. The van der Waals surface area contributed by atoms with E-state index in [9.17, 15) is 19.2 Å². The molecular weight excluding hydrogens is 517 g/mol. The van der Waals surface area contributed by atoms with Crippen molar-refractivity contribution in [2.24, 2.45) is 5.92 Å². The van der Waals surface area contributed by atoms with Gasteiger partial charge < -0.3 is 15.0 Å². The van der Waals surface area contributed by atoms with E-state index in [2.05, 4.69) is 20.8 Å². The van der Waals surface area contributed by atoms with Crippen molar-refractivity contribution in [2.75, 3.05) is 18.4 Å². The van der Waals surface area contributed by atoms with Crippen LogP contribution in [0.25, 0.3) is 10.9 Å². The molecule has 3 aliphatic rings. The van der Waals surface area contributed by atoms with Gasteiger partial charge in [-0.15, -0.1) is 0 Å². The third-order valence-electron chi connectivity index (χ3n) is 7.55. The molecule has 1 saturated carbocycles. The minimum Gasteiger partial charge on any atom is -0.436 e. The number of amides is 3. The highest BCUT2D eigenvalue weighted by atomic mass is 35.5. The summed E-state index contributed by atoms with van der Waals surface area (Å²) in [7, 11) is 0.